The van der Waals surface area contributed by atoms with Gasteiger partial charge in [-0.25, -0.2) is 0 Å². The predicted molar refractivity (Wildman–Crippen MR) is 85.0 cm³/mol. The zero-order valence-electron chi connectivity index (χ0n) is 14.1. The maximum Gasteiger partial charge on any atom is 0.0619 e. The molecular weight excluding hydrogens is 248 g/mol. The van der Waals surface area contributed by atoms with Gasteiger partial charge in [-0.05, 0) is 44.1 Å². The van der Waals surface area contributed by atoms with Crippen LogP contribution in [-0.4, -0.2) is 49.3 Å². The topological polar surface area (TPSA) is 24.5 Å². The van der Waals surface area contributed by atoms with E-state index in [-0.39, 0.29) is 0 Å². The summed E-state index contributed by atoms with van der Waals surface area (Å²) in [6.45, 7) is 15.8. The second-order valence-electron chi connectivity index (χ2n) is 7.77. The van der Waals surface area contributed by atoms with Crippen LogP contribution < -0.4 is 5.32 Å². The summed E-state index contributed by atoms with van der Waals surface area (Å²) in [5.74, 6) is 0.845. The van der Waals surface area contributed by atoms with E-state index < -0.39 is 0 Å². The lowest BCUT2D eigenvalue weighted by molar-refractivity contribution is -0.0489. The van der Waals surface area contributed by atoms with Crippen molar-refractivity contribution >= 4 is 0 Å². The van der Waals surface area contributed by atoms with E-state index in [1.807, 2.05) is 0 Å². The molecule has 0 amide bonds. The lowest BCUT2D eigenvalue weighted by Gasteiger charge is -2.49. The van der Waals surface area contributed by atoms with Crippen molar-refractivity contribution in [2.75, 3.05) is 26.3 Å². The lowest BCUT2D eigenvalue weighted by Crippen LogP contribution is -2.59. The first-order valence-corrected chi connectivity index (χ1v) is 8.50. The first kappa shape index (κ1) is 16.3. The highest BCUT2D eigenvalue weighted by atomic mass is 16.5. The van der Waals surface area contributed by atoms with E-state index in [0.29, 0.717) is 23.5 Å². The molecule has 0 spiro atoms. The van der Waals surface area contributed by atoms with Crippen molar-refractivity contribution in [3.63, 3.8) is 0 Å². The molecule has 1 aliphatic heterocycles. The van der Waals surface area contributed by atoms with Gasteiger partial charge < -0.3 is 10.1 Å². The minimum Gasteiger partial charge on any atom is -0.379 e. The van der Waals surface area contributed by atoms with Crippen molar-refractivity contribution in [2.24, 2.45) is 11.3 Å². The molecule has 1 N–H and O–H groups in total. The molecule has 3 nitrogen and oxygen atoms in total. The number of morpholine rings is 1. The molecule has 118 valence electrons. The zero-order chi connectivity index (χ0) is 14.8. The van der Waals surface area contributed by atoms with E-state index in [4.69, 9.17) is 4.74 Å². The Morgan fingerprint density at radius 1 is 1.25 bits per heavy atom. The number of likely N-dealkylation sites (N-methyl/N-ethyl adjacent to an activating group) is 1. The molecule has 1 aliphatic carbocycles. The summed E-state index contributed by atoms with van der Waals surface area (Å²) in [4.78, 5) is 2.72. The average molecular weight is 282 g/mol. The summed E-state index contributed by atoms with van der Waals surface area (Å²) < 4.78 is 5.63. The minimum absolute atomic E-state index is 0.435. The third kappa shape index (κ3) is 3.75. The quantitative estimate of drug-likeness (QED) is 0.861. The number of hydrogen-bond donors (Lipinski definition) is 1. The maximum absolute atomic E-state index is 5.63. The SMILES string of the molecule is CCNC1CCC(C(C)(C)C)CC1N1CCOCC1C. The smallest absolute Gasteiger partial charge is 0.0619 e. The third-order valence-electron chi connectivity index (χ3n) is 5.35. The van der Waals surface area contributed by atoms with Gasteiger partial charge in [0.2, 0.25) is 0 Å². The zero-order valence-corrected chi connectivity index (χ0v) is 14.1. The molecule has 1 saturated carbocycles. The monoisotopic (exact) mass is 282 g/mol. The highest BCUT2D eigenvalue weighted by molar-refractivity contribution is 4.96. The van der Waals surface area contributed by atoms with Crippen molar-refractivity contribution < 1.29 is 4.74 Å². The highest BCUT2D eigenvalue weighted by Gasteiger charge is 2.40. The molecule has 0 aromatic carbocycles. The van der Waals surface area contributed by atoms with Crippen LogP contribution in [0.1, 0.15) is 53.9 Å². The van der Waals surface area contributed by atoms with Crippen LogP contribution in [0.3, 0.4) is 0 Å². The average Bonchev–Trinajstić information content (AvgIpc) is 2.39. The number of ether oxygens (including phenoxy) is 1. The standard InChI is InChI=1S/C17H34N2O/c1-6-18-15-8-7-14(17(3,4)5)11-16(15)19-9-10-20-12-13(19)2/h13-16,18H,6-12H2,1-5H3. The van der Waals surface area contributed by atoms with Gasteiger partial charge in [-0.3, -0.25) is 4.90 Å². The third-order valence-corrected chi connectivity index (χ3v) is 5.35. The molecule has 2 fully saturated rings. The van der Waals surface area contributed by atoms with E-state index >= 15 is 0 Å². The van der Waals surface area contributed by atoms with Gasteiger partial charge in [-0.1, -0.05) is 27.7 Å². The summed E-state index contributed by atoms with van der Waals surface area (Å²) in [6.07, 6.45) is 4.03. The fourth-order valence-corrected chi connectivity index (χ4v) is 4.03. The molecule has 0 aromatic heterocycles. The maximum atomic E-state index is 5.63. The molecule has 2 rings (SSSR count). The number of hydrogen-bond acceptors (Lipinski definition) is 3. The molecule has 0 radical (unpaired) electrons. The Hall–Kier alpha value is -0.120. The highest BCUT2D eigenvalue weighted by Crippen LogP contribution is 2.40. The lowest BCUT2D eigenvalue weighted by atomic mass is 9.69. The summed E-state index contributed by atoms with van der Waals surface area (Å²) in [7, 11) is 0. The first-order valence-electron chi connectivity index (χ1n) is 8.50. The Kier molecular flexibility index (Phi) is 5.49. The Morgan fingerprint density at radius 2 is 2.00 bits per heavy atom. The molecule has 4 unspecified atom stereocenters. The van der Waals surface area contributed by atoms with Gasteiger partial charge in [0.25, 0.3) is 0 Å². The molecule has 20 heavy (non-hydrogen) atoms. The molecule has 3 heteroatoms. The van der Waals surface area contributed by atoms with Gasteiger partial charge in [0.15, 0.2) is 0 Å². The molecule has 0 bridgehead atoms. The van der Waals surface area contributed by atoms with Gasteiger partial charge in [0, 0.05) is 24.7 Å². The molecule has 4 atom stereocenters. The predicted octanol–water partition coefficient (Wildman–Crippen LogP) is 2.90. The summed E-state index contributed by atoms with van der Waals surface area (Å²) in [6, 6.07) is 1.92. The van der Waals surface area contributed by atoms with E-state index in [2.05, 4.69) is 44.8 Å². The Labute approximate surface area is 125 Å². The largest absolute Gasteiger partial charge is 0.379 e. The van der Waals surface area contributed by atoms with E-state index in [0.717, 1.165) is 32.2 Å². The van der Waals surface area contributed by atoms with Gasteiger partial charge in [0.05, 0.1) is 13.2 Å². The van der Waals surface area contributed by atoms with Crippen molar-refractivity contribution in [1.82, 2.24) is 10.2 Å². The molecular formula is C17H34N2O. The molecule has 1 heterocycles. The van der Waals surface area contributed by atoms with Crippen LogP contribution in [0.4, 0.5) is 0 Å². The van der Waals surface area contributed by atoms with Crippen molar-refractivity contribution in [3.05, 3.63) is 0 Å². The fourth-order valence-electron chi connectivity index (χ4n) is 4.03. The van der Waals surface area contributed by atoms with Crippen molar-refractivity contribution in [1.29, 1.82) is 0 Å². The van der Waals surface area contributed by atoms with Crippen LogP contribution >= 0.6 is 0 Å². The Bertz CT molecular complexity index is 300. The number of nitrogens with one attached hydrogen (secondary N) is 1. The van der Waals surface area contributed by atoms with Crippen LogP contribution in [0.25, 0.3) is 0 Å². The van der Waals surface area contributed by atoms with Gasteiger partial charge >= 0.3 is 0 Å². The van der Waals surface area contributed by atoms with Crippen molar-refractivity contribution in [3.8, 4) is 0 Å². The first-order chi connectivity index (χ1) is 9.43. The molecule has 0 aromatic rings. The second kappa shape index (κ2) is 6.76. The van der Waals surface area contributed by atoms with Crippen LogP contribution in [0.15, 0.2) is 0 Å². The van der Waals surface area contributed by atoms with Gasteiger partial charge in [-0.15, -0.1) is 0 Å². The van der Waals surface area contributed by atoms with E-state index in [1.54, 1.807) is 0 Å². The minimum atomic E-state index is 0.435. The Balaban J connectivity index is 2.09. The van der Waals surface area contributed by atoms with Gasteiger partial charge in [-0.2, -0.15) is 0 Å². The van der Waals surface area contributed by atoms with Crippen LogP contribution in [0, 0.1) is 11.3 Å². The summed E-state index contributed by atoms with van der Waals surface area (Å²) >= 11 is 0. The Morgan fingerprint density at radius 3 is 2.60 bits per heavy atom. The van der Waals surface area contributed by atoms with E-state index in [1.165, 1.54) is 19.3 Å². The van der Waals surface area contributed by atoms with Crippen LogP contribution in [-0.2, 0) is 4.74 Å². The molecule has 1 saturated heterocycles. The normalized spacial score (nSPS) is 37.0. The number of nitrogens with zero attached hydrogens (tertiary/aromatic N) is 1. The van der Waals surface area contributed by atoms with Crippen LogP contribution in [0.2, 0.25) is 0 Å². The van der Waals surface area contributed by atoms with Gasteiger partial charge in [0.1, 0.15) is 0 Å². The molecule has 2 aliphatic rings. The van der Waals surface area contributed by atoms with Crippen molar-refractivity contribution in [2.45, 2.75) is 72.0 Å². The second-order valence-corrected chi connectivity index (χ2v) is 7.77. The van der Waals surface area contributed by atoms with Crippen LogP contribution in [0.5, 0.6) is 0 Å². The number of rotatable bonds is 3. The fraction of sp³-hybridized carbons (Fsp3) is 1.00. The summed E-state index contributed by atoms with van der Waals surface area (Å²) in [5, 5.41) is 3.74. The van der Waals surface area contributed by atoms with E-state index in [9.17, 15) is 0 Å². The summed E-state index contributed by atoms with van der Waals surface area (Å²) in [5.41, 5.74) is 0.435.